The second-order valence-corrected chi connectivity index (χ2v) is 7.44. The number of nitrogens with one attached hydrogen (secondary N) is 3. The van der Waals surface area contributed by atoms with E-state index in [9.17, 15) is 0 Å². The molecular formula is C23H33N5. The van der Waals surface area contributed by atoms with Gasteiger partial charge in [0, 0.05) is 43.8 Å². The van der Waals surface area contributed by atoms with Gasteiger partial charge in [-0.2, -0.15) is 5.10 Å². The van der Waals surface area contributed by atoms with E-state index in [0.29, 0.717) is 0 Å². The van der Waals surface area contributed by atoms with Crippen molar-refractivity contribution in [3.63, 3.8) is 0 Å². The number of anilines is 3. The Balaban J connectivity index is 2.25. The molecule has 0 saturated heterocycles. The summed E-state index contributed by atoms with van der Waals surface area (Å²) >= 11 is 0. The van der Waals surface area contributed by atoms with Gasteiger partial charge in [-0.1, -0.05) is 19.8 Å². The number of fused-ring (bicyclic) bond motifs is 1. The van der Waals surface area contributed by atoms with Crippen LogP contribution in [0.1, 0.15) is 43.0 Å². The third-order valence-corrected chi connectivity index (χ3v) is 5.38. The van der Waals surface area contributed by atoms with E-state index in [-0.39, 0.29) is 0 Å². The fourth-order valence-corrected chi connectivity index (χ4v) is 4.01. The predicted octanol–water partition coefficient (Wildman–Crippen LogP) is 5.48. The molecule has 0 aliphatic carbocycles. The number of hydrogen-bond donors (Lipinski definition) is 3. The first-order valence-electron chi connectivity index (χ1n) is 10.2. The highest BCUT2D eigenvalue weighted by atomic mass is 15.2. The zero-order valence-corrected chi connectivity index (χ0v) is 18.0. The highest BCUT2D eigenvalue weighted by molar-refractivity contribution is 5.92. The molecule has 3 N–H and O–H groups in total. The Morgan fingerprint density at radius 1 is 0.893 bits per heavy atom. The molecule has 5 nitrogen and oxygen atoms in total. The van der Waals surface area contributed by atoms with Crippen molar-refractivity contribution in [2.45, 2.75) is 46.5 Å². The molecule has 28 heavy (non-hydrogen) atoms. The zero-order chi connectivity index (χ0) is 20.3. The van der Waals surface area contributed by atoms with Crippen molar-refractivity contribution in [3.05, 3.63) is 41.1 Å². The molecular weight excluding hydrogens is 346 g/mol. The van der Waals surface area contributed by atoms with Crippen LogP contribution in [0.4, 0.5) is 17.1 Å². The van der Waals surface area contributed by atoms with Crippen molar-refractivity contribution in [1.29, 1.82) is 0 Å². The van der Waals surface area contributed by atoms with Crippen molar-refractivity contribution in [2.24, 2.45) is 0 Å². The van der Waals surface area contributed by atoms with Crippen LogP contribution in [0.2, 0.25) is 0 Å². The predicted molar refractivity (Wildman–Crippen MR) is 122 cm³/mol. The van der Waals surface area contributed by atoms with Gasteiger partial charge in [-0.25, -0.2) is 4.52 Å². The quantitative estimate of drug-likeness (QED) is 0.454. The minimum absolute atomic E-state index is 1.06. The number of nitrogens with zero attached hydrogens (tertiary/aromatic N) is 2. The first-order chi connectivity index (χ1) is 13.5. The number of aryl methyl sites for hydroxylation is 3. The molecule has 0 atom stereocenters. The minimum atomic E-state index is 1.06. The molecule has 5 heteroatoms. The topological polar surface area (TPSA) is 53.4 Å². The van der Waals surface area contributed by atoms with E-state index in [0.717, 1.165) is 40.4 Å². The van der Waals surface area contributed by atoms with Gasteiger partial charge in [0.05, 0.1) is 16.9 Å². The molecule has 2 aromatic heterocycles. The number of unbranched alkanes of at least 4 members (excludes halogenated alkanes) is 2. The van der Waals surface area contributed by atoms with Crippen LogP contribution in [0, 0.1) is 13.8 Å². The molecule has 2 heterocycles. The summed E-state index contributed by atoms with van der Waals surface area (Å²) in [5.74, 6) is 0. The first-order valence-corrected chi connectivity index (χ1v) is 10.2. The Hall–Kier alpha value is -2.69. The standard InChI is InChI=1S/C23H33N5/c1-7-8-9-10-17-12-16(3)27-28-21(11-15(2)23(17)28)22-19(25-5)13-18(24-4)14-20(22)26-6/h11-14,24-26H,7-10H2,1-6H3. The lowest BCUT2D eigenvalue weighted by atomic mass is 10.0. The van der Waals surface area contributed by atoms with Crippen LogP contribution in [0.25, 0.3) is 16.8 Å². The first kappa shape index (κ1) is 20.1. The highest BCUT2D eigenvalue weighted by Gasteiger charge is 2.19. The van der Waals surface area contributed by atoms with E-state index >= 15 is 0 Å². The second-order valence-electron chi connectivity index (χ2n) is 7.44. The van der Waals surface area contributed by atoms with E-state index in [1.807, 2.05) is 21.1 Å². The average molecular weight is 380 g/mol. The molecule has 150 valence electrons. The smallest absolute Gasteiger partial charge is 0.0770 e. The van der Waals surface area contributed by atoms with Gasteiger partial charge in [0.15, 0.2) is 0 Å². The molecule has 1 aromatic carbocycles. The fourth-order valence-electron chi connectivity index (χ4n) is 4.01. The Morgan fingerprint density at radius 3 is 2.14 bits per heavy atom. The summed E-state index contributed by atoms with van der Waals surface area (Å²) in [5, 5.41) is 14.9. The van der Waals surface area contributed by atoms with Crippen LogP contribution in [0.15, 0.2) is 24.3 Å². The normalized spacial score (nSPS) is 11.1. The van der Waals surface area contributed by atoms with Crippen LogP contribution in [0.3, 0.4) is 0 Å². The molecule has 0 radical (unpaired) electrons. The van der Waals surface area contributed by atoms with Gasteiger partial charge in [0.2, 0.25) is 0 Å². The Kier molecular flexibility index (Phi) is 6.12. The van der Waals surface area contributed by atoms with E-state index in [2.05, 4.69) is 65.5 Å². The summed E-state index contributed by atoms with van der Waals surface area (Å²) in [5.41, 5.74) is 10.5. The molecule has 0 aliphatic rings. The zero-order valence-electron chi connectivity index (χ0n) is 18.0. The lowest BCUT2D eigenvalue weighted by Gasteiger charge is -2.17. The lowest BCUT2D eigenvalue weighted by molar-refractivity contribution is 0.715. The monoisotopic (exact) mass is 379 g/mol. The lowest BCUT2D eigenvalue weighted by Crippen LogP contribution is -2.05. The van der Waals surface area contributed by atoms with Gasteiger partial charge in [0.1, 0.15) is 0 Å². The van der Waals surface area contributed by atoms with Gasteiger partial charge < -0.3 is 16.0 Å². The van der Waals surface area contributed by atoms with Crippen molar-refractivity contribution in [2.75, 3.05) is 37.1 Å². The van der Waals surface area contributed by atoms with Gasteiger partial charge in [-0.3, -0.25) is 0 Å². The molecule has 0 unspecified atom stereocenters. The van der Waals surface area contributed by atoms with E-state index in [1.165, 1.54) is 35.9 Å². The second kappa shape index (κ2) is 8.55. The maximum absolute atomic E-state index is 4.90. The van der Waals surface area contributed by atoms with Crippen molar-refractivity contribution in [3.8, 4) is 11.3 Å². The third-order valence-electron chi connectivity index (χ3n) is 5.38. The summed E-state index contributed by atoms with van der Waals surface area (Å²) in [4.78, 5) is 0. The minimum Gasteiger partial charge on any atom is -0.388 e. The summed E-state index contributed by atoms with van der Waals surface area (Å²) < 4.78 is 2.14. The van der Waals surface area contributed by atoms with Gasteiger partial charge in [0.25, 0.3) is 0 Å². The van der Waals surface area contributed by atoms with Crippen LogP contribution >= 0.6 is 0 Å². The molecule has 3 rings (SSSR count). The van der Waals surface area contributed by atoms with Gasteiger partial charge >= 0.3 is 0 Å². The van der Waals surface area contributed by atoms with Crippen LogP contribution in [0.5, 0.6) is 0 Å². The van der Waals surface area contributed by atoms with E-state index in [4.69, 9.17) is 5.10 Å². The molecule has 0 aliphatic heterocycles. The van der Waals surface area contributed by atoms with Crippen LogP contribution in [-0.4, -0.2) is 30.8 Å². The van der Waals surface area contributed by atoms with Crippen molar-refractivity contribution >= 4 is 22.6 Å². The summed E-state index contributed by atoms with van der Waals surface area (Å²) in [7, 11) is 5.88. The van der Waals surface area contributed by atoms with Gasteiger partial charge in [-0.15, -0.1) is 0 Å². The van der Waals surface area contributed by atoms with Gasteiger partial charge in [-0.05, 0) is 62.1 Å². The van der Waals surface area contributed by atoms with Crippen LogP contribution in [-0.2, 0) is 6.42 Å². The summed E-state index contributed by atoms with van der Waals surface area (Å²) in [6, 6.07) is 8.80. The number of benzene rings is 1. The van der Waals surface area contributed by atoms with Crippen LogP contribution < -0.4 is 16.0 Å². The Labute approximate surface area is 168 Å². The maximum Gasteiger partial charge on any atom is 0.0770 e. The summed E-state index contributed by atoms with van der Waals surface area (Å²) in [6.07, 6.45) is 4.82. The Bertz CT molecular complexity index is 946. The molecule has 3 aromatic rings. The molecule has 0 amide bonds. The third kappa shape index (κ3) is 3.66. The number of hydrogen-bond acceptors (Lipinski definition) is 4. The van der Waals surface area contributed by atoms with Crippen molar-refractivity contribution < 1.29 is 0 Å². The van der Waals surface area contributed by atoms with E-state index in [1.54, 1.807) is 0 Å². The SMILES string of the molecule is CCCCCc1cc(C)nn2c(-c3c(NC)cc(NC)cc3NC)cc(C)c12. The molecule has 0 bridgehead atoms. The molecule has 0 saturated carbocycles. The largest absolute Gasteiger partial charge is 0.388 e. The number of rotatable bonds is 8. The summed E-state index contributed by atoms with van der Waals surface area (Å²) in [6.45, 7) is 6.53. The Morgan fingerprint density at radius 2 is 1.57 bits per heavy atom. The molecule has 0 fully saturated rings. The number of aromatic nitrogens is 2. The average Bonchev–Trinajstić information content (AvgIpc) is 3.02. The van der Waals surface area contributed by atoms with Crippen molar-refractivity contribution in [1.82, 2.24) is 9.61 Å². The van der Waals surface area contributed by atoms with E-state index < -0.39 is 0 Å². The highest BCUT2D eigenvalue weighted by Crippen LogP contribution is 2.40. The fraction of sp³-hybridized carbons (Fsp3) is 0.435. The maximum atomic E-state index is 4.90. The molecule has 0 spiro atoms.